The van der Waals surface area contributed by atoms with Crippen LogP contribution in [0.5, 0.6) is 5.75 Å². The van der Waals surface area contributed by atoms with Gasteiger partial charge >= 0.3 is 0 Å². The van der Waals surface area contributed by atoms with Gasteiger partial charge in [-0.15, -0.1) is 0 Å². The van der Waals surface area contributed by atoms with Crippen LogP contribution in [0.4, 0.5) is 8.78 Å². The summed E-state index contributed by atoms with van der Waals surface area (Å²) in [5.41, 5.74) is 5.18. The van der Waals surface area contributed by atoms with Gasteiger partial charge in [0.15, 0.2) is 11.6 Å². The van der Waals surface area contributed by atoms with Crippen molar-refractivity contribution in [3.63, 3.8) is 0 Å². The highest BCUT2D eigenvalue weighted by atomic mass is 19.1. The van der Waals surface area contributed by atoms with Crippen molar-refractivity contribution in [1.82, 2.24) is 5.32 Å². The van der Waals surface area contributed by atoms with Gasteiger partial charge in [-0.3, -0.25) is 0 Å². The predicted molar refractivity (Wildman–Crippen MR) is 67.9 cm³/mol. The molecule has 1 rings (SSSR count). The van der Waals surface area contributed by atoms with Crippen LogP contribution in [0.15, 0.2) is 12.1 Å². The van der Waals surface area contributed by atoms with Crippen LogP contribution in [0.25, 0.3) is 0 Å². The Morgan fingerprint density at radius 1 is 1.28 bits per heavy atom. The van der Waals surface area contributed by atoms with Crippen LogP contribution < -0.4 is 15.8 Å². The maximum Gasteiger partial charge on any atom is 0.165 e. The summed E-state index contributed by atoms with van der Waals surface area (Å²) in [6, 6.07) is 2.27. The van der Waals surface area contributed by atoms with E-state index in [1.54, 1.807) is 0 Å². The standard InChI is InChI=1S/C13H20F2N2O/c1-13(2,8-17-5-4-16)9-6-11(15)12(18-3)7-10(9)14/h6-7,17H,4-5,8,16H2,1-3H3. The molecule has 0 aromatic heterocycles. The lowest BCUT2D eigenvalue weighted by atomic mass is 9.84. The molecule has 0 atom stereocenters. The van der Waals surface area contributed by atoms with Crippen molar-refractivity contribution in [2.24, 2.45) is 5.73 Å². The van der Waals surface area contributed by atoms with E-state index in [1.165, 1.54) is 13.2 Å². The monoisotopic (exact) mass is 258 g/mol. The molecule has 102 valence electrons. The number of nitrogens with two attached hydrogens (primary N) is 1. The van der Waals surface area contributed by atoms with E-state index in [1.807, 2.05) is 13.8 Å². The first kappa shape index (κ1) is 14.9. The molecule has 0 heterocycles. The van der Waals surface area contributed by atoms with Crippen LogP contribution in [-0.4, -0.2) is 26.7 Å². The van der Waals surface area contributed by atoms with Gasteiger partial charge in [0.05, 0.1) is 7.11 Å². The summed E-state index contributed by atoms with van der Waals surface area (Å²) >= 11 is 0. The Bertz CT molecular complexity index is 408. The van der Waals surface area contributed by atoms with E-state index in [9.17, 15) is 8.78 Å². The lowest BCUT2D eigenvalue weighted by Crippen LogP contribution is -2.36. The minimum Gasteiger partial charge on any atom is -0.494 e. The maximum absolute atomic E-state index is 13.9. The number of hydrogen-bond donors (Lipinski definition) is 2. The zero-order chi connectivity index (χ0) is 13.8. The van der Waals surface area contributed by atoms with Gasteiger partial charge in [-0.05, 0) is 11.6 Å². The molecular weight excluding hydrogens is 238 g/mol. The van der Waals surface area contributed by atoms with Crippen molar-refractivity contribution in [1.29, 1.82) is 0 Å². The van der Waals surface area contributed by atoms with Gasteiger partial charge < -0.3 is 15.8 Å². The van der Waals surface area contributed by atoms with E-state index in [2.05, 4.69) is 5.32 Å². The SMILES string of the molecule is COc1cc(F)c(C(C)(C)CNCCN)cc1F. The zero-order valence-electron chi connectivity index (χ0n) is 11.0. The molecule has 0 spiro atoms. The molecule has 0 aliphatic rings. The van der Waals surface area contributed by atoms with Gasteiger partial charge in [-0.1, -0.05) is 13.8 Å². The Hall–Kier alpha value is -1.20. The average Bonchev–Trinajstić information content (AvgIpc) is 2.31. The fraction of sp³-hybridized carbons (Fsp3) is 0.538. The van der Waals surface area contributed by atoms with Crippen molar-refractivity contribution < 1.29 is 13.5 Å². The molecule has 0 amide bonds. The van der Waals surface area contributed by atoms with Crippen molar-refractivity contribution >= 4 is 0 Å². The van der Waals surface area contributed by atoms with E-state index in [0.29, 0.717) is 25.2 Å². The van der Waals surface area contributed by atoms with Gasteiger partial charge in [0, 0.05) is 31.1 Å². The summed E-state index contributed by atoms with van der Waals surface area (Å²) in [6.07, 6.45) is 0. The third-order valence-corrected chi connectivity index (χ3v) is 2.86. The number of methoxy groups -OCH3 is 1. The molecule has 0 radical (unpaired) electrons. The number of nitrogens with one attached hydrogen (secondary N) is 1. The molecule has 0 fully saturated rings. The lowest BCUT2D eigenvalue weighted by Gasteiger charge is -2.26. The number of halogens is 2. The fourth-order valence-electron chi connectivity index (χ4n) is 1.80. The van der Waals surface area contributed by atoms with E-state index in [4.69, 9.17) is 10.5 Å². The topological polar surface area (TPSA) is 47.3 Å². The highest BCUT2D eigenvalue weighted by molar-refractivity contribution is 5.35. The molecule has 0 unspecified atom stereocenters. The minimum atomic E-state index is -0.555. The Kier molecular flexibility index (Phi) is 5.04. The average molecular weight is 258 g/mol. The number of rotatable bonds is 6. The molecule has 0 aliphatic heterocycles. The smallest absolute Gasteiger partial charge is 0.165 e. The normalized spacial score (nSPS) is 11.7. The molecule has 0 saturated carbocycles. The quantitative estimate of drug-likeness (QED) is 0.765. The molecule has 0 aliphatic carbocycles. The maximum atomic E-state index is 13.9. The predicted octanol–water partition coefficient (Wildman–Crippen LogP) is 1.80. The number of ether oxygens (including phenoxy) is 1. The second-order valence-electron chi connectivity index (χ2n) is 4.82. The van der Waals surface area contributed by atoms with Crippen molar-refractivity contribution in [3.8, 4) is 5.75 Å². The summed E-state index contributed by atoms with van der Waals surface area (Å²) in [4.78, 5) is 0. The third kappa shape index (κ3) is 3.40. The molecule has 1 aromatic carbocycles. The minimum absolute atomic E-state index is 0.0815. The van der Waals surface area contributed by atoms with Crippen LogP contribution in [0.2, 0.25) is 0 Å². The second-order valence-corrected chi connectivity index (χ2v) is 4.82. The Morgan fingerprint density at radius 2 is 1.94 bits per heavy atom. The highest BCUT2D eigenvalue weighted by Gasteiger charge is 2.25. The van der Waals surface area contributed by atoms with Crippen molar-refractivity contribution in [2.75, 3.05) is 26.7 Å². The number of hydrogen-bond acceptors (Lipinski definition) is 3. The lowest BCUT2D eigenvalue weighted by molar-refractivity contribution is 0.376. The van der Waals surface area contributed by atoms with Crippen molar-refractivity contribution in [2.45, 2.75) is 19.3 Å². The molecular formula is C13H20F2N2O. The third-order valence-electron chi connectivity index (χ3n) is 2.86. The van der Waals surface area contributed by atoms with E-state index in [0.717, 1.165) is 6.07 Å². The van der Waals surface area contributed by atoms with Crippen LogP contribution in [-0.2, 0) is 5.41 Å². The Labute approximate surface area is 106 Å². The summed E-state index contributed by atoms with van der Waals surface area (Å²) in [6.45, 7) is 5.37. The summed E-state index contributed by atoms with van der Waals surface area (Å²) in [5.74, 6) is -1.10. The Morgan fingerprint density at radius 3 is 2.50 bits per heavy atom. The molecule has 3 N–H and O–H groups in total. The van der Waals surface area contributed by atoms with Gasteiger partial charge in [-0.25, -0.2) is 8.78 Å². The highest BCUT2D eigenvalue weighted by Crippen LogP contribution is 2.30. The number of benzene rings is 1. The molecule has 18 heavy (non-hydrogen) atoms. The van der Waals surface area contributed by atoms with Gasteiger partial charge in [-0.2, -0.15) is 0 Å². The first-order valence-electron chi connectivity index (χ1n) is 5.86. The summed E-state index contributed by atoms with van der Waals surface area (Å²) in [7, 11) is 1.31. The molecule has 1 aromatic rings. The van der Waals surface area contributed by atoms with Crippen LogP contribution in [0.1, 0.15) is 19.4 Å². The van der Waals surface area contributed by atoms with Crippen LogP contribution in [0.3, 0.4) is 0 Å². The largest absolute Gasteiger partial charge is 0.494 e. The van der Waals surface area contributed by atoms with Gasteiger partial charge in [0.1, 0.15) is 5.82 Å². The second kappa shape index (κ2) is 6.11. The van der Waals surface area contributed by atoms with E-state index >= 15 is 0 Å². The summed E-state index contributed by atoms with van der Waals surface area (Å²) in [5, 5.41) is 3.10. The molecule has 5 heteroatoms. The molecule has 0 saturated heterocycles. The van der Waals surface area contributed by atoms with Gasteiger partial charge in [0.25, 0.3) is 0 Å². The Balaban J connectivity index is 2.97. The van der Waals surface area contributed by atoms with Crippen LogP contribution >= 0.6 is 0 Å². The molecule has 3 nitrogen and oxygen atoms in total. The first-order valence-corrected chi connectivity index (χ1v) is 5.86. The summed E-state index contributed by atoms with van der Waals surface area (Å²) < 4.78 is 32.3. The fourth-order valence-corrected chi connectivity index (χ4v) is 1.80. The zero-order valence-corrected chi connectivity index (χ0v) is 11.0. The first-order chi connectivity index (χ1) is 8.42. The van der Waals surface area contributed by atoms with E-state index in [-0.39, 0.29) is 5.75 Å². The van der Waals surface area contributed by atoms with Crippen molar-refractivity contribution in [3.05, 3.63) is 29.3 Å². The van der Waals surface area contributed by atoms with Crippen LogP contribution in [0, 0.1) is 11.6 Å². The molecule has 0 bridgehead atoms. The van der Waals surface area contributed by atoms with Gasteiger partial charge in [0.2, 0.25) is 0 Å². The van der Waals surface area contributed by atoms with E-state index < -0.39 is 17.0 Å².